The van der Waals surface area contributed by atoms with Crippen molar-refractivity contribution >= 4 is 29.0 Å². The molecule has 2 saturated heterocycles. The minimum atomic E-state index is -1.40. The van der Waals surface area contributed by atoms with Crippen LogP contribution in [0.2, 0.25) is 0 Å². The Balaban J connectivity index is 1.58. The van der Waals surface area contributed by atoms with Crippen LogP contribution in [0.5, 0.6) is 0 Å². The Morgan fingerprint density at radius 1 is 1.12 bits per heavy atom. The van der Waals surface area contributed by atoms with Gasteiger partial charge in [-0.3, -0.25) is 19.7 Å². The third-order valence-corrected chi connectivity index (χ3v) is 7.98. The zero-order valence-corrected chi connectivity index (χ0v) is 19.1. The van der Waals surface area contributed by atoms with Crippen molar-refractivity contribution in [2.24, 2.45) is 23.0 Å². The van der Waals surface area contributed by atoms with Gasteiger partial charge in [0.05, 0.1) is 18.2 Å². The normalized spacial score (nSPS) is 37.3. The number of piperidine rings is 1. The molecule has 7 atom stereocenters. The molecule has 32 heavy (non-hydrogen) atoms. The lowest BCUT2D eigenvalue weighted by molar-refractivity contribution is -0.151. The first kappa shape index (κ1) is 21.4. The number of fused-ring (bicyclic) bond motifs is 4. The fourth-order valence-corrected chi connectivity index (χ4v) is 6.40. The molecule has 3 N–H and O–H groups in total. The molecule has 0 spiro atoms. The van der Waals surface area contributed by atoms with E-state index in [1.165, 1.54) is 13.8 Å². The van der Waals surface area contributed by atoms with Crippen molar-refractivity contribution in [3.63, 3.8) is 0 Å². The molecule has 3 aliphatic heterocycles. The lowest BCUT2D eigenvalue weighted by Gasteiger charge is -2.55. The molecule has 172 valence electrons. The van der Waals surface area contributed by atoms with Crippen molar-refractivity contribution in [3.8, 4) is 0 Å². The predicted octanol–water partition coefficient (Wildman–Crippen LogP) is 0.856. The molecule has 1 aromatic rings. The zero-order chi connectivity index (χ0) is 22.9. The SMILES string of the molecule is CC(=O)NC(=O)[C@]1(C(C)=O)Cc2cc(N3C[C@@H]4[C@@H](N)[C@@H]4C3)ccc2N2C[C@@H](C)O[C@@H](C)[C@@H]21. The molecule has 4 aliphatic rings. The van der Waals surface area contributed by atoms with Gasteiger partial charge in [0.1, 0.15) is 11.2 Å². The number of carbonyl (C=O) groups is 3. The van der Waals surface area contributed by atoms with Crippen molar-refractivity contribution < 1.29 is 19.1 Å². The third-order valence-electron chi connectivity index (χ3n) is 7.98. The summed E-state index contributed by atoms with van der Waals surface area (Å²) < 4.78 is 6.08. The maximum atomic E-state index is 13.4. The highest BCUT2D eigenvalue weighted by atomic mass is 16.5. The van der Waals surface area contributed by atoms with Gasteiger partial charge in [-0.15, -0.1) is 0 Å². The number of carbonyl (C=O) groups excluding carboxylic acids is 3. The number of nitrogens with zero attached hydrogens (tertiary/aromatic N) is 2. The highest BCUT2D eigenvalue weighted by Gasteiger charge is 2.59. The van der Waals surface area contributed by atoms with Crippen LogP contribution < -0.4 is 20.9 Å². The van der Waals surface area contributed by atoms with Crippen LogP contribution in [-0.4, -0.2) is 61.5 Å². The van der Waals surface area contributed by atoms with E-state index >= 15 is 0 Å². The van der Waals surface area contributed by atoms with Gasteiger partial charge >= 0.3 is 0 Å². The van der Waals surface area contributed by atoms with Crippen LogP contribution in [0.3, 0.4) is 0 Å². The number of hydrogen-bond donors (Lipinski definition) is 2. The highest BCUT2D eigenvalue weighted by Crippen LogP contribution is 2.49. The number of benzene rings is 1. The average molecular weight is 441 g/mol. The summed E-state index contributed by atoms with van der Waals surface area (Å²) in [6, 6.07) is 6.20. The molecule has 0 bridgehead atoms. The van der Waals surface area contributed by atoms with Gasteiger partial charge in [0.15, 0.2) is 0 Å². The summed E-state index contributed by atoms with van der Waals surface area (Å²) in [4.78, 5) is 42.9. The first-order chi connectivity index (χ1) is 15.1. The van der Waals surface area contributed by atoms with Crippen LogP contribution in [0.25, 0.3) is 0 Å². The Kier molecular flexibility index (Phi) is 4.87. The number of hydrogen-bond acceptors (Lipinski definition) is 7. The van der Waals surface area contributed by atoms with Gasteiger partial charge in [-0.05, 0) is 62.8 Å². The summed E-state index contributed by atoms with van der Waals surface area (Å²) in [6.07, 6.45) is -0.145. The minimum absolute atomic E-state index is 0.0421. The number of ketones is 1. The van der Waals surface area contributed by atoms with E-state index < -0.39 is 23.3 Å². The number of amides is 2. The smallest absolute Gasteiger partial charge is 0.242 e. The van der Waals surface area contributed by atoms with Crippen molar-refractivity contribution in [3.05, 3.63) is 23.8 Å². The van der Waals surface area contributed by atoms with E-state index in [4.69, 9.17) is 10.5 Å². The number of morpholine rings is 1. The Hall–Kier alpha value is -2.45. The number of rotatable bonds is 3. The molecule has 8 nitrogen and oxygen atoms in total. The maximum absolute atomic E-state index is 13.4. The van der Waals surface area contributed by atoms with E-state index in [0.717, 1.165) is 30.0 Å². The van der Waals surface area contributed by atoms with Crippen molar-refractivity contribution in [2.45, 2.75) is 58.4 Å². The fraction of sp³-hybridized carbons (Fsp3) is 0.625. The fourth-order valence-electron chi connectivity index (χ4n) is 6.40. The van der Waals surface area contributed by atoms with Gasteiger partial charge in [0.2, 0.25) is 11.8 Å². The first-order valence-corrected chi connectivity index (χ1v) is 11.5. The molecule has 3 heterocycles. The molecule has 0 radical (unpaired) electrons. The summed E-state index contributed by atoms with van der Waals surface area (Å²) in [6.45, 7) is 9.12. The van der Waals surface area contributed by atoms with Crippen LogP contribution in [-0.2, 0) is 25.5 Å². The summed E-state index contributed by atoms with van der Waals surface area (Å²) in [5.41, 5.74) is 7.80. The van der Waals surface area contributed by atoms with Crippen LogP contribution in [0, 0.1) is 17.3 Å². The third kappa shape index (κ3) is 3.07. The number of anilines is 2. The summed E-state index contributed by atoms with van der Waals surface area (Å²) >= 11 is 0. The Labute approximate surface area is 188 Å². The largest absolute Gasteiger partial charge is 0.372 e. The summed E-state index contributed by atoms with van der Waals surface area (Å²) in [5.74, 6) is -0.127. The van der Waals surface area contributed by atoms with Gasteiger partial charge in [-0.2, -0.15) is 0 Å². The lowest BCUT2D eigenvalue weighted by atomic mass is 9.65. The molecule has 0 unspecified atom stereocenters. The van der Waals surface area contributed by atoms with Crippen LogP contribution in [0.15, 0.2) is 18.2 Å². The molecule has 5 rings (SSSR count). The molecule has 3 fully saturated rings. The van der Waals surface area contributed by atoms with Crippen molar-refractivity contribution in [1.82, 2.24) is 5.32 Å². The minimum Gasteiger partial charge on any atom is -0.372 e. The molecular formula is C24H32N4O4. The van der Waals surface area contributed by atoms with Crippen LogP contribution in [0.1, 0.15) is 33.3 Å². The standard InChI is InChI=1S/C24H32N4O4/c1-12-9-28-20-6-5-17(27-10-18-19(11-27)21(18)25)7-16(20)8-24(14(3)29,22(28)13(2)32-12)23(31)26-15(4)30/h5-7,12-13,18-19,21-22H,8-11,25H2,1-4H3,(H,26,30,31)/t12-,13+,18-,19+,21+,22-,24+/m1/s1. The van der Waals surface area contributed by atoms with Crippen LogP contribution in [0.4, 0.5) is 11.4 Å². The molecular weight excluding hydrogens is 408 g/mol. The number of imide groups is 1. The maximum Gasteiger partial charge on any atom is 0.242 e. The number of nitrogens with one attached hydrogen (secondary N) is 1. The molecule has 2 amide bonds. The van der Waals surface area contributed by atoms with E-state index in [9.17, 15) is 14.4 Å². The van der Waals surface area contributed by atoms with Gasteiger partial charge in [0, 0.05) is 44.0 Å². The Morgan fingerprint density at radius 3 is 2.44 bits per heavy atom. The van der Waals surface area contributed by atoms with Crippen molar-refractivity contribution in [2.75, 3.05) is 29.4 Å². The zero-order valence-electron chi connectivity index (χ0n) is 19.1. The second-order valence-corrected chi connectivity index (χ2v) is 10.1. The Bertz CT molecular complexity index is 984. The number of nitrogens with two attached hydrogens (primary N) is 1. The van der Waals surface area contributed by atoms with Crippen molar-refractivity contribution in [1.29, 1.82) is 0 Å². The number of Topliss-reactive ketones (excluding diaryl/α,β-unsaturated/α-hetero) is 1. The highest BCUT2D eigenvalue weighted by molar-refractivity contribution is 6.11. The molecule has 0 aromatic heterocycles. The first-order valence-electron chi connectivity index (χ1n) is 11.5. The molecule has 1 saturated carbocycles. The van der Waals surface area contributed by atoms with Gasteiger partial charge < -0.3 is 20.3 Å². The van der Waals surface area contributed by atoms with E-state index in [0.29, 0.717) is 24.4 Å². The van der Waals surface area contributed by atoms with Crippen LogP contribution >= 0.6 is 0 Å². The van der Waals surface area contributed by atoms with E-state index in [1.807, 2.05) is 13.8 Å². The van der Waals surface area contributed by atoms with E-state index in [1.54, 1.807) is 0 Å². The predicted molar refractivity (Wildman–Crippen MR) is 120 cm³/mol. The topological polar surface area (TPSA) is 105 Å². The van der Waals surface area contributed by atoms with Gasteiger partial charge in [0.25, 0.3) is 0 Å². The molecule has 1 aliphatic carbocycles. The quantitative estimate of drug-likeness (QED) is 0.672. The molecule has 8 heteroatoms. The van der Waals surface area contributed by atoms with E-state index in [-0.39, 0.29) is 24.4 Å². The van der Waals surface area contributed by atoms with Gasteiger partial charge in [-0.1, -0.05) is 0 Å². The lowest BCUT2D eigenvalue weighted by Crippen LogP contribution is -2.69. The summed E-state index contributed by atoms with van der Waals surface area (Å²) in [7, 11) is 0. The number of ether oxygens (including phenoxy) is 1. The second kappa shape index (κ2) is 7.28. The Morgan fingerprint density at radius 2 is 1.81 bits per heavy atom. The monoisotopic (exact) mass is 440 g/mol. The second-order valence-electron chi connectivity index (χ2n) is 10.1. The molecule has 1 aromatic carbocycles. The van der Waals surface area contributed by atoms with Gasteiger partial charge in [-0.25, -0.2) is 0 Å². The van der Waals surface area contributed by atoms with E-state index in [2.05, 4.69) is 33.3 Å². The average Bonchev–Trinajstić information content (AvgIpc) is 3.10. The summed E-state index contributed by atoms with van der Waals surface area (Å²) in [5, 5.41) is 2.41.